The number of aromatic nitrogens is 2. The zero-order valence-electron chi connectivity index (χ0n) is 9.73. The maximum atomic E-state index is 11.4. The van der Waals surface area contributed by atoms with Crippen molar-refractivity contribution < 1.29 is 4.79 Å². The first-order valence-corrected chi connectivity index (χ1v) is 5.38. The lowest BCUT2D eigenvalue weighted by molar-refractivity contribution is -0.121. The molecule has 1 aromatic heterocycles. The highest BCUT2D eigenvalue weighted by Gasteiger charge is 2.03. The number of rotatable bonds is 5. The summed E-state index contributed by atoms with van der Waals surface area (Å²) in [5.41, 5.74) is 6.39. The Balaban J connectivity index is 2.31. The Morgan fingerprint density at radius 1 is 1.62 bits per heavy atom. The van der Waals surface area contributed by atoms with Gasteiger partial charge in [-0.2, -0.15) is 0 Å². The van der Waals surface area contributed by atoms with Gasteiger partial charge in [-0.15, -0.1) is 0 Å². The SMILES string of the molecule is Cc1nccc(CNC(=O)CCC(C)N)n1. The van der Waals surface area contributed by atoms with Crippen LogP contribution in [-0.2, 0) is 11.3 Å². The molecule has 1 aromatic rings. The van der Waals surface area contributed by atoms with Gasteiger partial charge in [0.2, 0.25) is 5.91 Å². The first kappa shape index (κ1) is 12.6. The molecule has 1 atom stereocenters. The van der Waals surface area contributed by atoms with Crippen LogP contribution in [0.1, 0.15) is 31.3 Å². The molecule has 0 saturated carbocycles. The first-order chi connectivity index (χ1) is 7.58. The summed E-state index contributed by atoms with van der Waals surface area (Å²) < 4.78 is 0. The third-order valence-electron chi connectivity index (χ3n) is 2.13. The number of aryl methyl sites for hydroxylation is 1. The summed E-state index contributed by atoms with van der Waals surface area (Å²) in [6, 6.07) is 1.85. The predicted octanol–water partition coefficient (Wildman–Crippen LogP) is 0.529. The van der Waals surface area contributed by atoms with E-state index in [-0.39, 0.29) is 11.9 Å². The monoisotopic (exact) mass is 222 g/mol. The third kappa shape index (κ3) is 4.84. The highest BCUT2D eigenvalue weighted by atomic mass is 16.1. The molecular formula is C11H18N4O. The zero-order valence-corrected chi connectivity index (χ0v) is 9.73. The van der Waals surface area contributed by atoms with Gasteiger partial charge in [-0.05, 0) is 26.3 Å². The molecule has 0 aromatic carbocycles. The average molecular weight is 222 g/mol. The largest absolute Gasteiger partial charge is 0.350 e. The minimum Gasteiger partial charge on any atom is -0.350 e. The van der Waals surface area contributed by atoms with Crippen LogP contribution in [0.5, 0.6) is 0 Å². The molecule has 0 fully saturated rings. The first-order valence-electron chi connectivity index (χ1n) is 5.38. The molecule has 0 saturated heterocycles. The predicted molar refractivity (Wildman–Crippen MR) is 61.5 cm³/mol. The molecule has 1 rings (SSSR count). The van der Waals surface area contributed by atoms with Gasteiger partial charge < -0.3 is 11.1 Å². The molecule has 0 spiro atoms. The molecule has 5 heteroatoms. The molecular weight excluding hydrogens is 204 g/mol. The molecule has 1 amide bonds. The molecule has 0 bridgehead atoms. The standard InChI is InChI=1S/C11H18N4O/c1-8(12)3-4-11(16)14-7-10-5-6-13-9(2)15-10/h5-6,8H,3-4,7,12H2,1-2H3,(H,14,16). The zero-order chi connectivity index (χ0) is 12.0. The Labute approximate surface area is 95.5 Å². The summed E-state index contributed by atoms with van der Waals surface area (Å²) in [5, 5.41) is 2.80. The van der Waals surface area contributed by atoms with E-state index in [9.17, 15) is 4.79 Å². The van der Waals surface area contributed by atoms with Gasteiger partial charge in [0.1, 0.15) is 5.82 Å². The fourth-order valence-electron chi connectivity index (χ4n) is 1.24. The van der Waals surface area contributed by atoms with Gasteiger partial charge in [0.25, 0.3) is 0 Å². The van der Waals surface area contributed by atoms with Gasteiger partial charge in [-0.3, -0.25) is 4.79 Å². The quantitative estimate of drug-likeness (QED) is 0.761. The molecule has 1 heterocycles. The van der Waals surface area contributed by atoms with Crippen molar-refractivity contribution in [2.45, 2.75) is 39.3 Å². The second-order valence-corrected chi connectivity index (χ2v) is 3.89. The summed E-state index contributed by atoms with van der Waals surface area (Å²) >= 11 is 0. The number of amides is 1. The molecule has 5 nitrogen and oxygen atoms in total. The van der Waals surface area contributed by atoms with Crippen molar-refractivity contribution in [1.82, 2.24) is 15.3 Å². The van der Waals surface area contributed by atoms with E-state index in [0.717, 1.165) is 5.69 Å². The Hall–Kier alpha value is -1.49. The normalized spacial score (nSPS) is 12.2. The maximum absolute atomic E-state index is 11.4. The maximum Gasteiger partial charge on any atom is 0.220 e. The Kier molecular flexibility index (Phi) is 4.85. The Morgan fingerprint density at radius 3 is 3.00 bits per heavy atom. The van der Waals surface area contributed by atoms with Gasteiger partial charge in [-0.25, -0.2) is 9.97 Å². The van der Waals surface area contributed by atoms with Crippen LogP contribution < -0.4 is 11.1 Å². The van der Waals surface area contributed by atoms with Crippen molar-refractivity contribution in [2.24, 2.45) is 5.73 Å². The van der Waals surface area contributed by atoms with Gasteiger partial charge in [0.15, 0.2) is 0 Å². The van der Waals surface area contributed by atoms with Gasteiger partial charge >= 0.3 is 0 Å². The van der Waals surface area contributed by atoms with Crippen LogP contribution in [0.3, 0.4) is 0 Å². The van der Waals surface area contributed by atoms with Crippen molar-refractivity contribution in [1.29, 1.82) is 0 Å². The second kappa shape index (κ2) is 6.17. The van der Waals surface area contributed by atoms with E-state index >= 15 is 0 Å². The third-order valence-corrected chi connectivity index (χ3v) is 2.13. The Morgan fingerprint density at radius 2 is 2.38 bits per heavy atom. The lowest BCUT2D eigenvalue weighted by atomic mass is 10.2. The summed E-state index contributed by atoms with van der Waals surface area (Å²) in [4.78, 5) is 19.6. The number of nitrogens with two attached hydrogens (primary N) is 1. The number of nitrogens with one attached hydrogen (secondary N) is 1. The van der Waals surface area contributed by atoms with Gasteiger partial charge in [0.05, 0.1) is 12.2 Å². The van der Waals surface area contributed by atoms with E-state index < -0.39 is 0 Å². The molecule has 0 aliphatic heterocycles. The van der Waals surface area contributed by atoms with Crippen LogP contribution in [0.2, 0.25) is 0 Å². The van der Waals surface area contributed by atoms with Crippen LogP contribution in [0.25, 0.3) is 0 Å². The highest BCUT2D eigenvalue weighted by Crippen LogP contribution is 1.96. The van der Waals surface area contributed by atoms with E-state index in [0.29, 0.717) is 25.2 Å². The van der Waals surface area contributed by atoms with Crippen LogP contribution >= 0.6 is 0 Å². The molecule has 3 N–H and O–H groups in total. The van der Waals surface area contributed by atoms with Crippen LogP contribution in [0.4, 0.5) is 0 Å². The lowest BCUT2D eigenvalue weighted by Gasteiger charge is -2.06. The summed E-state index contributed by atoms with van der Waals surface area (Å²) in [5.74, 6) is 0.718. The van der Waals surface area contributed by atoms with Crippen molar-refractivity contribution in [2.75, 3.05) is 0 Å². The fourth-order valence-corrected chi connectivity index (χ4v) is 1.24. The van der Waals surface area contributed by atoms with Crippen LogP contribution in [-0.4, -0.2) is 21.9 Å². The minimum atomic E-state index is 0.00793. The second-order valence-electron chi connectivity index (χ2n) is 3.89. The van der Waals surface area contributed by atoms with Gasteiger partial charge in [0, 0.05) is 18.7 Å². The number of hydrogen-bond donors (Lipinski definition) is 2. The highest BCUT2D eigenvalue weighted by molar-refractivity contribution is 5.75. The fraction of sp³-hybridized carbons (Fsp3) is 0.545. The minimum absolute atomic E-state index is 0.00793. The van der Waals surface area contributed by atoms with Crippen molar-refractivity contribution in [3.05, 3.63) is 23.8 Å². The molecule has 0 aliphatic carbocycles. The summed E-state index contributed by atoms with van der Waals surface area (Å²) in [7, 11) is 0. The summed E-state index contributed by atoms with van der Waals surface area (Å²) in [6.45, 7) is 4.16. The van der Waals surface area contributed by atoms with E-state index in [1.165, 1.54) is 0 Å². The topological polar surface area (TPSA) is 80.9 Å². The average Bonchev–Trinajstić information content (AvgIpc) is 2.23. The Bertz CT molecular complexity index is 352. The van der Waals surface area contributed by atoms with Gasteiger partial charge in [-0.1, -0.05) is 0 Å². The molecule has 88 valence electrons. The van der Waals surface area contributed by atoms with E-state index in [1.807, 2.05) is 13.8 Å². The smallest absolute Gasteiger partial charge is 0.220 e. The van der Waals surface area contributed by atoms with Crippen molar-refractivity contribution in [3.8, 4) is 0 Å². The van der Waals surface area contributed by atoms with E-state index in [4.69, 9.17) is 5.73 Å². The number of hydrogen-bond acceptors (Lipinski definition) is 4. The van der Waals surface area contributed by atoms with E-state index in [2.05, 4.69) is 15.3 Å². The molecule has 0 radical (unpaired) electrons. The van der Waals surface area contributed by atoms with Crippen LogP contribution in [0, 0.1) is 6.92 Å². The molecule has 16 heavy (non-hydrogen) atoms. The van der Waals surface area contributed by atoms with Crippen LogP contribution in [0.15, 0.2) is 12.3 Å². The molecule has 1 unspecified atom stereocenters. The van der Waals surface area contributed by atoms with Crippen molar-refractivity contribution >= 4 is 5.91 Å². The van der Waals surface area contributed by atoms with E-state index in [1.54, 1.807) is 12.3 Å². The number of nitrogens with zero attached hydrogens (tertiary/aromatic N) is 2. The lowest BCUT2D eigenvalue weighted by Crippen LogP contribution is -2.25. The van der Waals surface area contributed by atoms with Crippen molar-refractivity contribution in [3.63, 3.8) is 0 Å². The number of carbonyl (C=O) groups excluding carboxylic acids is 1. The molecule has 0 aliphatic rings. The summed E-state index contributed by atoms with van der Waals surface area (Å²) in [6.07, 6.45) is 2.85. The number of carbonyl (C=O) groups is 1.